The second-order valence-corrected chi connectivity index (χ2v) is 5.06. The van der Waals surface area contributed by atoms with Gasteiger partial charge in [0.1, 0.15) is 17.6 Å². The fourth-order valence-electron chi connectivity index (χ4n) is 2.37. The van der Waals surface area contributed by atoms with E-state index in [1.165, 1.54) is 22.9 Å². The van der Waals surface area contributed by atoms with Gasteiger partial charge in [-0.05, 0) is 29.8 Å². The Bertz CT molecular complexity index is 912. The van der Waals surface area contributed by atoms with E-state index in [4.69, 9.17) is 0 Å². The molecule has 0 radical (unpaired) electrons. The lowest BCUT2D eigenvalue weighted by Gasteiger charge is -2.11. The summed E-state index contributed by atoms with van der Waals surface area (Å²) in [5.74, 6) is -0.928. The Morgan fingerprint density at radius 1 is 1.25 bits per heavy atom. The smallest absolute Gasteiger partial charge is 0.269 e. The number of carbonyl (C=O) groups excluding carboxylic acids is 1. The minimum atomic E-state index is -0.473. The Balaban J connectivity index is 1.92. The molecule has 3 aromatic rings. The maximum absolute atomic E-state index is 14.0. The topological polar surface area (TPSA) is 70.7 Å². The van der Waals surface area contributed by atoms with Gasteiger partial charge in [0.25, 0.3) is 5.91 Å². The summed E-state index contributed by atoms with van der Waals surface area (Å²) in [5, 5.41) is 12.0. The Kier molecular flexibility index (Phi) is 4.34. The SMILES string of the molecule is N#Cc1ccn(-c2ccccc2F)c1C(=O)NCc1cccnc1. The van der Waals surface area contributed by atoms with E-state index in [1.807, 2.05) is 12.1 Å². The first-order valence-corrected chi connectivity index (χ1v) is 7.24. The number of nitrogens with zero attached hydrogens (tertiary/aromatic N) is 3. The van der Waals surface area contributed by atoms with Gasteiger partial charge in [-0.15, -0.1) is 0 Å². The van der Waals surface area contributed by atoms with Crippen LogP contribution in [0.5, 0.6) is 0 Å². The second kappa shape index (κ2) is 6.75. The summed E-state index contributed by atoms with van der Waals surface area (Å²) >= 11 is 0. The number of halogens is 1. The summed E-state index contributed by atoms with van der Waals surface area (Å²) in [6.45, 7) is 0.264. The number of nitrogens with one attached hydrogen (secondary N) is 1. The molecule has 0 aliphatic heterocycles. The summed E-state index contributed by atoms with van der Waals surface area (Å²) < 4.78 is 15.4. The van der Waals surface area contributed by atoms with Crippen molar-refractivity contribution in [2.45, 2.75) is 6.54 Å². The van der Waals surface area contributed by atoms with Crippen LogP contribution in [0.1, 0.15) is 21.6 Å². The first-order chi connectivity index (χ1) is 11.7. The number of rotatable bonds is 4. The van der Waals surface area contributed by atoms with Crippen LogP contribution in [0.15, 0.2) is 61.1 Å². The molecule has 0 saturated heterocycles. The highest BCUT2D eigenvalue weighted by atomic mass is 19.1. The molecule has 0 bridgehead atoms. The molecule has 0 spiro atoms. The van der Waals surface area contributed by atoms with Crippen molar-refractivity contribution in [2.75, 3.05) is 0 Å². The predicted octanol–water partition coefficient (Wildman–Crippen LogP) is 2.81. The number of amides is 1. The molecule has 1 amide bonds. The van der Waals surface area contributed by atoms with Crippen molar-refractivity contribution in [3.05, 3.63) is 83.7 Å². The lowest BCUT2D eigenvalue weighted by Crippen LogP contribution is -2.26. The number of aromatic nitrogens is 2. The highest BCUT2D eigenvalue weighted by molar-refractivity contribution is 5.95. The molecule has 6 heteroatoms. The summed E-state index contributed by atoms with van der Waals surface area (Å²) in [7, 11) is 0. The van der Waals surface area contributed by atoms with Crippen molar-refractivity contribution in [3.63, 3.8) is 0 Å². The minimum Gasteiger partial charge on any atom is -0.347 e. The van der Waals surface area contributed by atoms with Gasteiger partial charge in [-0.2, -0.15) is 5.26 Å². The Labute approximate surface area is 138 Å². The number of para-hydroxylation sites is 1. The van der Waals surface area contributed by atoms with Gasteiger partial charge in [0.15, 0.2) is 0 Å². The average Bonchev–Trinajstić information content (AvgIpc) is 3.05. The Morgan fingerprint density at radius 2 is 2.08 bits per heavy atom. The van der Waals surface area contributed by atoms with Crippen LogP contribution in [0.2, 0.25) is 0 Å². The largest absolute Gasteiger partial charge is 0.347 e. The van der Waals surface area contributed by atoms with Crippen LogP contribution in [0.4, 0.5) is 4.39 Å². The van der Waals surface area contributed by atoms with Crippen LogP contribution in [0.3, 0.4) is 0 Å². The van der Waals surface area contributed by atoms with Crippen LogP contribution in [-0.2, 0) is 6.54 Å². The second-order valence-electron chi connectivity index (χ2n) is 5.06. The van der Waals surface area contributed by atoms with Gasteiger partial charge < -0.3 is 9.88 Å². The summed E-state index contributed by atoms with van der Waals surface area (Å²) in [6.07, 6.45) is 4.79. The zero-order chi connectivity index (χ0) is 16.9. The highest BCUT2D eigenvalue weighted by Crippen LogP contribution is 2.19. The zero-order valence-electron chi connectivity index (χ0n) is 12.6. The van der Waals surface area contributed by atoms with Gasteiger partial charge in [0, 0.05) is 25.1 Å². The van der Waals surface area contributed by atoms with E-state index in [0.29, 0.717) is 0 Å². The van der Waals surface area contributed by atoms with Crippen molar-refractivity contribution in [1.29, 1.82) is 5.26 Å². The van der Waals surface area contributed by atoms with Crippen LogP contribution < -0.4 is 5.32 Å². The van der Waals surface area contributed by atoms with E-state index in [2.05, 4.69) is 10.3 Å². The molecular formula is C18H13FN4O. The number of nitriles is 1. The van der Waals surface area contributed by atoms with Gasteiger partial charge in [-0.3, -0.25) is 9.78 Å². The van der Waals surface area contributed by atoms with Crippen molar-refractivity contribution >= 4 is 5.91 Å². The molecule has 5 nitrogen and oxygen atoms in total. The lowest BCUT2D eigenvalue weighted by atomic mass is 10.2. The average molecular weight is 320 g/mol. The molecule has 1 N–H and O–H groups in total. The molecular weight excluding hydrogens is 307 g/mol. The van der Waals surface area contributed by atoms with E-state index in [9.17, 15) is 14.4 Å². The van der Waals surface area contributed by atoms with Crippen molar-refractivity contribution < 1.29 is 9.18 Å². The monoisotopic (exact) mass is 320 g/mol. The van der Waals surface area contributed by atoms with Crippen LogP contribution in [0, 0.1) is 17.1 Å². The van der Waals surface area contributed by atoms with Crippen LogP contribution in [-0.4, -0.2) is 15.5 Å². The van der Waals surface area contributed by atoms with Crippen LogP contribution >= 0.6 is 0 Å². The van der Waals surface area contributed by atoms with E-state index in [0.717, 1.165) is 5.56 Å². The first-order valence-electron chi connectivity index (χ1n) is 7.24. The lowest BCUT2D eigenvalue weighted by molar-refractivity contribution is 0.0944. The molecule has 1 aromatic carbocycles. The van der Waals surface area contributed by atoms with Crippen LogP contribution in [0.25, 0.3) is 5.69 Å². The van der Waals surface area contributed by atoms with Gasteiger partial charge >= 0.3 is 0 Å². The standard InChI is InChI=1S/C18H13FN4O/c19-15-5-1-2-6-16(15)23-9-7-14(10-20)17(23)18(24)22-12-13-4-3-8-21-11-13/h1-9,11H,12H2,(H,22,24). The third-order valence-corrected chi connectivity index (χ3v) is 3.51. The molecule has 0 saturated carbocycles. The number of carbonyl (C=O) groups is 1. The van der Waals surface area contributed by atoms with E-state index < -0.39 is 11.7 Å². The van der Waals surface area contributed by atoms with E-state index in [-0.39, 0.29) is 23.5 Å². The quantitative estimate of drug-likeness (QED) is 0.803. The molecule has 3 rings (SSSR count). The number of pyridine rings is 1. The van der Waals surface area contributed by atoms with Gasteiger partial charge in [0.05, 0.1) is 11.3 Å². The highest BCUT2D eigenvalue weighted by Gasteiger charge is 2.19. The third kappa shape index (κ3) is 3.01. The fraction of sp³-hybridized carbons (Fsp3) is 0.0556. The number of hydrogen-bond donors (Lipinski definition) is 1. The predicted molar refractivity (Wildman–Crippen MR) is 85.8 cm³/mol. The molecule has 118 valence electrons. The molecule has 0 unspecified atom stereocenters. The normalized spacial score (nSPS) is 10.2. The van der Waals surface area contributed by atoms with Gasteiger partial charge in [-0.25, -0.2) is 4.39 Å². The maximum Gasteiger partial charge on any atom is 0.269 e. The number of benzene rings is 1. The maximum atomic E-state index is 14.0. The molecule has 0 aliphatic carbocycles. The number of hydrogen-bond acceptors (Lipinski definition) is 3. The van der Waals surface area contributed by atoms with Crippen molar-refractivity contribution in [2.24, 2.45) is 0 Å². The summed E-state index contributed by atoms with van der Waals surface area (Å²) in [5.41, 5.74) is 1.33. The molecule has 0 atom stereocenters. The molecule has 0 fully saturated rings. The van der Waals surface area contributed by atoms with Gasteiger partial charge in [0.2, 0.25) is 0 Å². The fourth-order valence-corrected chi connectivity index (χ4v) is 2.37. The summed E-state index contributed by atoms with van der Waals surface area (Å²) in [4.78, 5) is 16.5. The van der Waals surface area contributed by atoms with E-state index in [1.54, 1.807) is 36.7 Å². The zero-order valence-corrected chi connectivity index (χ0v) is 12.6. The van der Waals surface area contributed by atoms with E-state index >= 15 is 0 Å². The Morgan fingerprint density at radius 3 is 2.79 bits per heavy atom. The van der Waals surface area contributed by atoms with Crippen molar-refractivity contribution in [3.8, 4) is 11.8 Å². The Hall–Kier alpha value is -3.46. The molecule has 24 heavy (non-hydrogen) atoms. The summed E-state index contributed by atoms with van der Waals surface area (Å²) in [6, 6.07) is 13.1. The minimum absolute atomic E-state index is 0.103. The molecule has 0 aliphatic rings. The molecule has 2 aromatic heterocycles. The van der Waals surface area contributed by atoms with Gasteiger partial charge in [-0.1, -0.05) is 18.2 Å². The first kappa shape index (κ1) is 15.4. The molecule has 2 heterocycles. The van der Waals surface area contributed by atoms with Crippen molar-refractivity contribution in [1.82, 2.24) is 14.9 Å². The third-order valence-electron chi connectivity index (χ3n) is 3.51.